The van der Waals surface area contributed by atoms with Gasteiger partial charge in [-0.05, 0) is 36.2 Å². The molecule has 2 aromatic carbocycles. The Bertz CT molecular complexity index is 1040. The van der Waals surface area contributed by atoms with Crippen LogP contribution in [0.2, 0.25) is 0 Å². The van der Waals surface area contributed by atoms with E-state index in [-0.39, 0.29) is 17.7 Å². The molecule has 6 nitrogen and oxygen atoms in total. The first-order chi connectivity index (χ1) is 14.5. The Balaban J connectivity index is 1.79. The van der Waals surface area contributed by atoms with Gasteiger partial charge in [-0.15, -0.1) is 0 Å². The third-order valence-electron chi connectivity index (χ3n) is 4.92. The molecule has 3 aromatic rings. The topological polar surface area (TPSA) is 88.6 Å². The Morgan fingerprint density at radius 3 is 2.43 bits per heavy atom. The minimum atomic E-state index is -0.639. The Hall–Kier alpha value is -3.54. The van der Waals surface area contributed by atoms with Gasteiger partial charge in [-0.1, -0.05) is 42.5 Å². The maximum absolute atomic E-state index is 12.5. The van der Waals surface area contributed by atoms with Gasteiger partial charge < -0.3 is 19.6 Å². The van der Waals surface area contributed by atoms with E-state index in [2.05, 4.69) is 17.1 Å². The summed E-state index contributed by atoms with van der Waals surface area (Å²) in [5, 5.41) is 10.4. The molecule has 6 heteroatoms. The second-order valence-corrected chi connectivity index (χ2v) is 7.07. The Labute approximate surface area is 175 Å². The van der Waals surface area contributed by atoms with Crippen LogP contribution in [0.4, 0.5) is 0 Å². The molecule has 3 rings (SSSR count). The van der Waals surface area contributed by atoms with Gasteiger partial charge in [-0.25, -0.2) is 0 Å². The molecule has 0 amide bonds. The molecular formula is C24H25NO5. The van der Waals surface area contributed by atoms with Gasteiger partial charge in [-0.3, -0.25) is 9.59 Å². The molecule has 0 saturated carbocycles. The summed E-state index contributed by atoms with van der Waals surface area (Å²) in [5.74, 6) is -0.565. The number of aromatic hydroxyl groups is 1. The number of esters is 1. The highest BCUT2D eigenvalue weighted by atomic mass is 16.5. The molecule has 156 valence electrons. The summed E-state index contributed by atoms with van der Waals surface area (Å²) < 4.78 is 10.6. The summed E-state index contributed by atoms with van der Waals surface area (Å²) in [5.41, 5.74) is 2.16. The first kappa shape index (κ1) is 21.2. The zero-order valence-corrected chi connectivity index (χ0v) is 17.1. The third-order valence-corrected chi connectivity index (χ3v) is 4.92. The molecule has 1 atom stereocenters. The molecule has 0 aliphatic heterocycles. The van der Waals surface area contributed by atoms with Crippen LogP contribution in [0.15, 0.2) is 65.5 Å². The van der Waals surface area contributed by atoms with Crippen LogP contribution in [-0.2, 0) is 16.0 Å². The van der Waals surface area contributed by atoms with Gasteiger partial charge in [0.25, 0.3) is 5.56 Å². The van der Waals surface area contributed by atoms with E-state index in [4.69, 9.17) is 9.47 Å². The minimum Gasteiger partial charge on any atom is -0.507 e. The molecule has 0 fully saturated rings. The number of pyridine rings is 1. The van der Waals surface area contributed by atoms with Gasteiger partial charge in [0, 0.05) is 18.0 Å². The molecule has 0 spiro atoms. The molecule has 2 N–H and O–H groups in total. The number of aromatic amines is 1. The molecule has 1 aromatic heterocycles. The third kappa shape index (κ3) is 5.29. The van der Waals surface area contributed by atoms with Crippen LogP contribution in [0.25, 0.3) is 0 Å². The van der Waals surface area contributed by atoms with Gasteiger partial charge in [0.05, 0.1) is 25.7 Å². The van der Waals surface area contributed by atoms with Crippen LogP contribution in [0.1, 0.15) is 34.7 Å². The lowest BCUT2D eigenvalue weighted by atomic mass is 9.88. The normalized spacial score (nSPS) is 11.7. The standard InChI is InChI=1S/C24H25NO5/c1-16-14-21(26)23(24(28)25-16)20(15-22(27)29-2)18-8-10-19(11-9-18)30-13-12-17-6-4-3-5-7-17/h3-11,14,20H,12-13,15H2,1-2H3,(H2,25,26,28)/t20-/m0/s1. The van der Waals surface area contributed by atoms with Crippen LogP contribution in [-0.4, -0.2) is 29.8 Å². The largest absolute Gasteiger partial charge is 0.507 e. The van der Waals surface area contributed by atoms with Crippen molar-refractivity contribution in [3.63, 3.8) is 0 Å². The van der Waals surface area contributed by atoms with E-state index in [0.717, 1.165) is 6.42 Å². The van der Waals surface area contributed by atoms with Gasteiger partial charge in [-0.2, -0.15) is 0 Å². The molecule has 0 aliphatic rings. The highest BCUT2D eigenvalue weighted by Gasteiger charge is 2.25. The first-order valence-corrected chi connectivity index (χ1v) is 9.74. The second kappa shape index (κ2) is 9.78. The second-order valence-electron chi connectivity index (χ2n) is 7.07. The number of hydrogen-bond donors (Lipinski definition) is 2. The van der Waals surface area contributed by atoms with Crippen molar-refractivity contribution in [1.82, 2.24) is 4.98 Å². The monoisotopic (exact) mass is 407 g/mol. The number of aryl methyl sites for hydroxylation is 1. The number of aromatic nitrogens is 1. The maximum atomic E-state index is 12.5. The van der Waals surface area contributed by atoms with E-state index in [1.165, 1.54) is 18.7 Å². The minimum absolute atomic E-state index is 0.0651. The van der Waals surface area contributed by atoms with E-state index in [0.29, 0.717) is 23.6 Å². The SMILES string of the molecule is COC(=O)C[C@@H](c1ccc(OCCc2ccccc2)cc1)c1c(O)cc(C)[nH]c1=O. The Morgan fingerprint density at radius 2 is 1.80 bits per heavy atom. The van der Waals surface area contributed by atoms with E-state index in [1.54, 1.807) is 31.2 Å². The molecule has 30 heavy (non-hydrogen) atoms. The predicted octanol–water partition coefficient (Wildman–Crippen LogP) is 3.71. The van der Waals surface area contributed by atoms with Crippen LogP contribution >= 0.6 is 0 Å². The molecule has 1 heterocycles. The zero-order valence-electron chi connectivity index (χ0n) is 17.1. The lowest BCUT2D eigenvalue weighted by molar-refractivity contribution is -0.140. The van der Waals surface area contributed by atoms with Crippen molar-refractivity contribution in [1.29, 1.82) is 0 Å². The maximum Gasteiger partial charge on any atom is 0.306 e. The number of nitrogens with one attached hydrogen (secondary N) is 1. The van der Waals surface area contributed by atoms with Crippen molar-refractivity contribution < 1.29 is 19.4 Å². The van der Waals surface area contributed by atoms with Crippen LogP contribution in [0.5, 0.6) is 11.5 Å². The fourth-order valence-corrected chi connectivity index (χ4v) is 3.38. The number of hydrogen-bond acceptors (Lipinski definition) is 5. The van der Waals surface area contributed by atoms with Crippen molar-refractivity contribution in [2.24, 2.45) is 0 Å². The predicted molar refractivity (Wildman–Crippen MR) is 114 cm³/mol. The number of carbonyl (C=O) groups is 1. The number of benzene rings is 2. The number of rotatable bonds is 8. The Morgan fingerprint density at radius 1 is 1.10 bits per heavy atom. The summed E-state index contributed by atoms with van der Waals surface area (Å²) in [7, 11) is 1.29. The van der Waals surface area contributed by atoms with Crippen molar-refractivity contribution in [3.05, 3.63) is 93.4 Å². The quantitative estimate of drug-likeness (QED) is 0.556. The van der Waals surface area contributed by atoms with Crippen molar-refractivity contribution in [3.8, 4) is 11.5 Å². The Kier molecular flexibility index (Phi) is 6.91. The van der Waals surface area contributed by atoms with E-state index in [1.807, 2.05) is 18.2 Å². The van der Waals surface area contributed by atoms with Gasteiger partial charge in [0.15, 0.2) is 0 Å². The summed E-state index contributed by atoms with van der Waals surface area (Å²) >= 11 is 0. The summed E-state index contributed by atoms with van der Waals surface area (Å²) in [4.78, 5) is 27.1. The van der Waals surface area contributed by atoms with E-state index >= 15 is 0 Å². The summed E-state index contributed by atoms with van der Waals surface area (Å²) in [6, 6.07) is 18.7. The average Bonchev–Trinajstić information content (AvgIpc) is 2.73. The molecule has 0 saturated heterocycles. The highest BCUT2D eigenvalue weighted by Crippen LogP contribution is 2.32. The summed E-state index contributed by atoms with van der Waals surface area (Å²) in [6.45, 7) is 2.22. The molecule has 0 unspecified atom stereocenters. The highest BCUT2D eigenvalue weighted by molar-refractivity contribution is 5.71. The molecule has 0 bridgehead atoms. The van der Waals surface area contributed by atoms with E-state index in [9.17, 15) is 14.7 Å². The van der Waals surface area contributed by atoms with E-state index < -0.39 is 17.4 Å². The van der Waals surface area contributed by atoms with Crippen molar-refractivity contribution in [2.75, 3.05) is 13.7 Å². The number of H-pyrrole nitrogens is 1. The molecular weight excluding hydrogens is 382 g/mol. The van der Waals surface area contributed by atoms with Crippen molar-refractivity contribution in [2.45, 2.75) is 25.7 Å². The number of ether oxygens (including phenoxy) is 2. The smallest absolute Gasteiger partial charge is 0.306 e. The lowest BCUT2D eigenvalue weighted by Crippen LogP contribution is -2.20. The van der Waals surface area contributed by atoms with Crippen LogP contribution in [0.3, 0.4) is 0 Å². The fourth-order valence-electron chi connectivity index (χ4n) is 3.38. The number of carbonyl (C=O) groups excluding carboxylic acids is 1. The zero-order chi connectivity index (χ0) is 21.5. The van der Waals surface area contributed by atoms with Crippen LogP contribution in [0, 0.1) is 6.92 Å². The van der Waals surface area contributed by atoms with Gasteiger partial charge >= 0.3 is 5.97 Å². The van der Waals surface area contributed by atoms with Crippen LogP contribution < -0.4 is 10.3 Å². The number of methoxy groups -OCH3 is 1. The molecule has 0 aliphatic carbocycles. The van der Waals surface area contributed by atoms with Gasteiger partial charge in [0.2, 0.25) is 0 Å². The first-order valence-electron chi connectivity index (χ1n) is 9.74. The van der Waals surface area contributed by atoms with Gasteiger partial charge in [0.1, 0.15) is 11.5 Å². The lowest BCUT2D eigenvalue weighted by Gasteiger charge is -2.18. The molecule has 0 radical (unpaired) electrons. The summed E-state index contributed by atoms with van der Waals surface area (Å²) in [6.07, 6.45) is 0.727. The average molecular weight is 407 g/mol. The van der Waals surface area contributed by atoms with Crippen molar-refractivity contribution >= 4 is 5.97 Å². The fraction of sp³-hybridized carbons (Fsp3) is 0.250.